The van der Waals surface area contributed by atoms with E-state index in [1.165, 1.54) is 13.2 Å². The van der Waals surface area contributed by atoms with Gasteiger partial charge in [0.15, 0.2) is 0 Å². The number of hydrogen-bond donors (Lipinski definition) is 1. The average Bonchev–Trinajstić information content (AvgIpc) is 2.28. The van der Waals surface area contributed by atoms with E-state index in [0.717, 1.165) is 5.56 Å². The minimum Gasteiger partial charge on any atom is -0.496 e. The van der Waals surface area contributed by atoms with Crippen LogP contribution in [0.3, 0.4) is 0 Å². The molecule has 0 aliphatic heterocycles. The summed E-state index contributed by atoms with van der Waals surface area (Å²) < 4.78 is 32.6. The van der Waals surface area contributed by atoms with Crippen LogP contribution in [0.5, 0.6) is 5.75 Å². The smallest absolute Gasteiger partial charge is 0.278 e. The standard InChI is InChI=1S/C13H19F2NO/c1-9(2)10-4-5-11(12(8-10)17-3)13(14,15)6-7-16/h4-5,8-9H,6-7,16H2,1-3H3. The molecule has 1 aromatic carbocycles. The van der Waals surface area contributed by atoms with Gasteiger partial charge in [0.1, 0.15) is 5.75 Å². The highest BCUT2D eigenvalue weighted by molar-refractivity contribution is 5.41. The molecule has 4 heteroatoms. The van der Waals surface area contributed by atoms with Gasteiger partial charge in [-0.3, -0.25) is 0 Å². The van der Waals surface area contributed by atoms with Crippen molar-refractivity contribution in [2.75, 3.05) is 13.7 Å². The van der Waals surface area contributed by atoms with Crippen LogP contribution in [0.4, 0.5) is 8.78 Å². The van der Waals surface area contributed by atoms with Crippen LogP contribution in [0.1, 0.15) is 37.3 Å². The number of ether oxygens (including phenoxy) is 1. The fourth-order valence-electron chi connectivity index (χ4n) is 1.69. The van der Waals surface area contributed by atoms with Crippen LogP contribution in [-0.2, 0) is 5.92 Å². The second-order valence-electron chi connectivity index (χ2n) is 4.36. The molecule has 17 heavy (non-hydrogen) atoms. The zero-order valence-corrected chi connectivity index (χ0v) is 10.5. The molecule has 0 atom stereocenters. The Hall–Kier alpha value is -1.16. The van der Waals surface area contributed by atoms with Gasteiger partial charge in [0.25, 0.3) is 5.92 Å². The zero-order valence-electron chi connectivity index (χ0n) is 10.5. The fraction of sp³-hybridized carbons (Fsp3) is 0.538. The van der Waals surface area contributed by atoms with E-state index in [1.807, 2.05) is 13.8 Å². The molecule has 1 rings (SSSR count). The van der Waals surface area contributed by atoms with Crippen LogP contribution < -0.4 is 10.5 Å². The lowest BCUT2D eigenvalue weighted by atomic mass is 9.97. The molecule has 0 saturated carbocycles. The molecule has 1 aromatic rings. The molecule has 0 fully saturated rings. The maximum absolute atomic E-state index is 13.8. The highest BCUT2D eigenvalue weighted by Gasteiger charge is 2.33. The Labute approximate surface area is 101 Å². The molecule has 0 heterocycles. The van der Waals surface area contributed by atoms with Crippen molar-refractivity contribution in [3.63, 3.8) is 0 Å². The molecular formula is C13H19F2NO. The van der Waals surface area contributed by atoms with Crippen LogP contribution in [0.15, 0.2) is 18.2 Å². The summed E-state index contributed by atoms with van der Waals surface area (Å²) in [7, 11) is 1.40. The molecule has 0 radical (unpaired) electrons. The number of alkyl halides is 2. The van der Waals surface area contributed by atoms with Crippen molar-refractivity contribution < 1.29 is 13.5 Å². The van der Waals surface area contributed by atoms with Crippen LogP contribution in [-0.4, -0.2) is 13.7 Å². The molecule has 2 nitrogen and oxygen atoms in total. The first kappa shape index (κ1) is 13.9. The van der Waals surface area contributed by atoms with E-state index in [2.05, 4.69) is 0 Å². The minimum atomic E-state index is -2.93. The lowest BCUT2D eigenvalue weighted by Gasteiger charge is -2.20. The van der Waals surface area contributed by atoms with Gasteiger partial charge in [-0.15, -0.1) is 0 Å². The van der Waals surface area contributed by atoms with Gasteiger partial charge < -0.3 is 10.5 Å². The third-order valence-electron chi connectivity index (χ3n) is 2.74. The van der Waals surface area contributed by atoms with Crippen molar-refractivity contribution in [2.45, 2.75) is 32.1 Å². The van der Waals surface area contributed by atoms with E-state index in [4.69, 9.17) is 10.5 Å². The van der Waals surface area contributed by atoms with Crippen molar-refractivity contribution in [3.05, 3.63) is 29.3 Å². The van der Waals surface area contributed by atoms with Gasteiger partial charge in [-0.1, -0.05) is 19.9 Å². The van der Waals surface area contributed by atoms with E-state index in [0.29, 0.717) is 0 Å². The fourth-order valence-corrected chi connectivity index (χ4v) is 1.69. The molecule has 0 bridgehead atoms. The lowest BCUT2D eigenvalue weighted by molar-refractivity contribution is -0.0128. The van der Waals surface area contributed by atoms with Crippen LogP contribution in [0.25, 0.3) is 0 Å². The second kappa shape index (κ2) is 5.45. The first-order valence-corrected chi connectivity index (χ1v) is 5.68. The highest BCUT2D eigenvalue weighted by Crippen LogP contribution is 2.38. The summed E-state index contributed by atoms with van der Waals surface area (Å²) in [5.41, 5.74) is 6.09. The Morgan fingerprint density at radius 1 is 1.35 bits per heavy atom. The van der Waals surface area contributed by atoms with E-state index in [9.17, 15) is 8.78 Å². The number of methoxy groups -OCH3 is 1. The molecule has 0 aromatic heterocycles. The zero-order chi connectivity index (χ0) is 13.1. The van der Waals surface area contributed by atoms with Gasteiger partial charge in [0.2, 0.25) is 0 Å². The highest BCUT2D eigenvalue weighted by atomic mass is 19.3. The molecule has 0 aliphatic carbocycles. The monoisotopic (exact) mass is 243 g/mol. The molecular weight excluding hydrogens is 224 g/mol. The summed E-state index contributed by atoms with van der Waals surface area (Å²) in [6, 6.07) is 4.82. The van der Waals surface area contributed by atoms with Crippen LogP contribution >= 0.6 is 0 Å². The van der Waals surface area contributed by atoms with Gasteiger partial charge >= 0.3 is 0 Å². The quantitative estimate of drug-likeness (QED) is 0.861. The molecule has 0 spiro atoms. The number of halogens is 2. The van der Waals surface area contributed by atoms with E-state index in [1.54, 1.807) is 12.1 Å². The molecule has 96 valence electrons. The topological polar surface area (TPSA) is 35.2 Å². The summed E-state index contributed by atoms with van der Waals surface area (Å²) in [5, 5.41) is 0. The summed E-state index contributed by atoms with van der Waals surface area (Å²) in [6.45, 7) is 3.96. The summed E-state index contributed by atoms with van der Waals surface area (Å²) in [6.07, 6.45) is -0.371. The van der Waals surface area contributed by atoms with Gasteiger partial charge in [-0.25, -0.2) is 8.78 Å². The Morgan fingerprint density at radius 2 is 2.00 bits per heavy atom. The maximum atomic E-state index is 13.8. The van der Waals surface area contributed by atoms with Gasteiger partial charge in [-0.2, -0.15) is 0 Å². The van der Waals surface area contributed by atoms with Crippen molar-refractivity contribution in [1.82, 2.24) is 0 Å². The molecule has 0 amide bonds. The Balaban J connectivity index is 3.16. The largest absolute Gasteiger partial charge is 0.496 e. The summed E-state index contributed by atoms with van der Waals surface area (Å²) in [4.78, 5) is 0. The van der Waals surface area contributed by atoms with Gasteiger partial charge in [-0.05, 0) is 30.2 Å². The normalized spacial score (nSPS) is 11.9. The third kappa shape index (κ3) is 3.16. The van der Waals surface area contributed by atoms with E-state index < -0.39 is 5.92 Å². The third-order valence-corrected chi connectivity index (χ3v) is 2.74. The molecule has 2 N–H and O–H groups in total. The number of nitrogens with two attached hydrogens (primary N) is 1. The SMILES string of the molecule is COc1cc(C(C)C)ccc1C(F)(F)CCN. The first-order valence-electron chi connectivity index (χ1n) is 5.68. The number of benzene rings is 1. The van der Waals surface area contributed by atoms with E-state index >= 15 is 0 Å². The van der Waals surface area contributed by atoms with Crippen molar-refractivity contribution in [1.29, 1.82) is 0 Å². The molecule has 0 unspecified atom stereocenters. The Bertz CT molecular complexity index is 378. The van der Waals surface area contributed by atoms with Gasteiger partial charge in [0, 0.05) is 6.42 Å². The minimum absolute atomic E-state index is 0.0535. The van der Waals surface area contributed by atoms with Crippen molar-refractivity contribution in [2.24, 2.45) is 5.73 Å². The summed E-state index contributed by atoms with van der Waals surface area (Å²) >= 11 is 0. The predicted octanol–water partition coefficient (Wildman–Crippen LogP) is 3.26. The van der Waals surface area contributed by atoms with E-state index in [-0.39, 0.29) is 30.2 Å². The van der Waals surface area contributed by atoms with Gasteiger partial charge in [0.05, 0.1) is 12.7 Å². The Kier molecular flexibility index (Phi) is 4.46. The Morgan fingerprint density at radius 3 is 2.47 bits per heavy atom. The molecule has 0 saturated heterocycles. The van der Waals surface area contributed by atoms with Crippen molar-refractivity contribution >= 4 is 0 Å². The second-order valence-corrected chi connectivity index (χ2v) is 4.36. The van der Waals surface area contributed by atoms with Crippen LogP contribution in [0.2, 0.25) is 0 Å². The van der Waals surface area contributed by atoms with Crippen LogP contribution in [0, 0.1) is 0 Å². The number of hydrogen-bond acceptors (Lipinski definition) is 2. The molecule has 0 aliphatic rings. The lowest BCUT2D eigenvalue weighted by Crippen LogP contribution is -2.19. The maximum Gasteiger partial charge on any atom is 0.278 e. The first-order chi connectivity index (χ1) is 7.92. The predicted molar refractivity (Wildman–Crippen MR) is 64.6 cm³/mol. The number of rotatable bonds is 5. The average molecular weight is 243 g/mol. The summed E-state index contributed by atoms with van der Waals surface area (Å²) in [5.74, 6) is -2.42. The van der Waals surface area contributed by atoms with Crippen molar-refractivity contribution in [3.8, 4) is 5.75 Å².